The largest absolute Gasteiger partial charge is 0.508 e. The maximum atomic E-state index is 14.7. The maximum Gasteiger partial charge on any atom is 0.331 e. The number of carbonyl (C=O) groups is 2. The summed E-state index contributed by atoms with van der Waals surface area (Å²) in [5, 5.41) is 36.8. The zero-order valence-electron chi connectivity index (χ0n) is 30.9. The summed E-state index contributed by atoms with van der Waals surface area (Å²) in [4.78, 5) is 32.0. The lowest BCUT2D eigenvalue weighted by Gasteiger charge is -2.62. The molecule has 7 atom stereocenters. The SMILES string of the molecule is COc1c(C)cc2c(c1O)[C@@H]1C3[C@@H]4SC[C@]5(NCCc6cc(O)c(C)cc65)C(=O)OC[C@H](c5c6c(c(C)c(OC(C)=O)c54)OCO6)N3[C@@H](C#N)[C@H](C2)N1C. The highest BCUT2D eigenvalue weighted by Crippen LogP contribution is 2.64. The first-order valence-electron chi connectivity index (χ1n) is 18.2. The Kier molecular flexibility index (Phi) is 8.06. The number of nitriles is 1. The first-order valence-corrected chi connectivity index (χ1v) is 19.3. The Morgan fingerprint density at radius 3 is 2.57 bits per heavy atom. The summed E-state index contributed by atoms with van der Waals surface area (Å²) in [6, 6.07) is 5.65. The number of hydrogen-bond acceptors (Lipinski definition) is 14. The monoisotopic (exact) mass is 754 g/mol. The lowest BCUT2D eigenvalue weighted by atomic mass is 9.71. The van der Waals surface area contributed by atoms with Crippen molar-refractivity contribution in [3.63, 3.8) is 0 Å². The fourth-order valence-electron chi connectivity index (χ4n) is 10.1. The van der Waals surface area contributed by atoms with E-state index in [2.05, 4.69) is 27.3 Å². The van der Waals surface area contributed by atoms with E-state index in [1.807, 2.05) is 33.9 Å². The van der Waals surface area contributed by atoms with Crippen molar-refractivity contribution in [3.8, 4) is 40.6 Å². The normalized spacial score (nSPS) is 29.3. The van der Waals surface area contributed by atoms with Crippen LogP contribution in [0.4, 0.5) is 0 Å². The van der Waals surface area contributed by atoms with E-state index in [1.165, 1.54) is 18.7 Å². The molecule has 7 heterocycles. The number of aryl methyl sites for hydroxylation is 2. The van der Waals surface area contributed by atoms with Crippen molar-refractivity contribution in [3.05, 3.63) is 68.3 Å². The maximum absolute atomic E-state index is 14.7. The van der Waals surface area contributed by atoms with Gasteiger partial charge in [0.1, 0.15) is 24.1 Å². The molecule has 3 aromatic carbocycles. The van der Waals surface area contributed by atoms with E-state index in [0.29, 0.717) is 64.6 Å². The number of esters is 2. The van der Waals surface area contributed by atoms with Crippen LogP contribution in [0.1, 0.15) is 74.3 Å². The number of benzene rings is 3. The third kappa shape index (κ3) is 4.68. The Bertz CT molecular complexity index is 2200. The van der Waals surface area contributed by atoms with E-state index >= 15 is 0 Å². The number of phenols is 2. The molecule has 2 fully saturated rings. The Morgan fingerprint density at radius 2 is 1.83 bits per heavy atom. The minimum Gasteiger partial charge on any atom is -0.508 e. The average molecular weight is 755 g/mol. The third-order valence-electron chi connectivity index (χ3n) is 12.5. The van der Waals surface area contributed by atoms with Gasteiger partial charge in [-0.05, 0) is 80.6 Å². The topological polar surface area (TPSA) is 163 Å². The molecule has 7 aliphatic heterocycles. The molecule has 0 amide bonds. The number of fused-ring (bicyclic) bond motifs is 9. The smallest absolute Gasteiger partial charge is 0.331 e. The molecule has 3 aromatic rings. The Morgan fingerprint density at radius 1 is 1.06 bits per heavy atom. The van der Waals surface area contributed by atoms with Gasteiger partial charge in [-0.1, -0.05) is 6.07 Å². The highest BCUT2D eigenvalue weighted by atomic mass is 32.2. The van der Waals surface area contributed by atoms with Crippen molar-refractivity contribution in [2.75, 3.05) is 39.9 Å². The first kappa shape index (κ1) is 35.0. The molecule has 2 saturated heterocycles. The summed E-state index contributed by atoms with van der Waals surface area (Å²) in [5.74, 6) is 1.11. The number of phenolic OH excluding ortho intramolecular Hbond substituents is 2. The number of ether oxygens (including phenoxy) is 5. The standard InChI is InChI=1S/C40H42N4O9S/c1-17-10-23-21(12-27(17)46)7-8-42-40(23)15-54-38-30-29(37-36(51-16-52-37)19(3)35(30)53-20(4)45)26(14-50-39(40)48)44-25(13-41)24-11-22-9-18(2)34(49-6)33(47)28(22)31(32(38)44)43(24)5/h9-10,12,24-26,31-32,38,42,46-47H,7-8,11,14-16H2,1-6H3/t24-,25-,26+,31+,32?,38+,40+/m0/s1. The van der Waals surface area contributed by atoms with Crippen LogP contribution in [0.25, 0.3) is 0 Å². The van der Waals surface area contributed by atoms with E-state index in [1.54, 1.807) is 13.2 Å². The van der Waals surface area contributed by atoms with Gasteiger partial charge in [-0.25, -0.2) is 4.79 Å². The molecule has 1 unspecified atom stereocenters. The van der Waals surface area contributed by atoms with Gasteiger partial charge in [0.15, 0.2) is 28.5 Å². The molecule has 0 radical (unpaired) electrons. The number of nitrogens with one attached hydrogen (secondary N) is 1. The van der Waals surface area contributed by atoms with Gasteiger partial charge in [-0.15, -0.1) is 11.8 Å². The number of aromatic hydroxyl groups is 2. The van der Waals surface area contributed by atoms with E-state index in [9.17, 15) is 25.1 Å². The molecule has 0 aromatic heterocycles. The number of piperazine rings is 1. The van der Waals surface area contributed by atoms with Crippen molar-refractivity contribution in [1.82, 2.24) is 15.1 Å². The van der Waals surface area contributed by atoms with Crippen LogP contribution in [0, 0.1) is 32.1 Å². The zero-order valence-corrected chi connectivity index (χ0v) is 31.8. The van der Waals surface area contributed by atoms with Gasteiger partial charge >= 0.3 is 11.9 Å². The number of hydrogen-bond donors (Lipinski definition) is 3. The highest BCUT2D eigenvalue weighted by Gasteiger charge is 2.61. The fraction of sp³-hybridized carbons (Fsp3) is 0.475. The van der Waals surface area contributed by atoms with Crippen molar-refractivity contribution in [2.24, 2.45) is 0 Å². The molecule has 54 heavy (non-hydrogen) atoms. The van der Waals surface area contributed by atoms with Crippen LogP contribution in [0.2, 0.25) is 0 Å². The van der Waals surface area contributed by atoms with Crippen LogP contribution in [-0.2, 0) is 32.7 Å². The van der Waals surface area contributed by atoms with Crippen LogP contribution in [0.15, 0.2) is 18.2 Å². The minimum absolute atomic E-state index is 0.0496. The van der Waals surface area contributed by atoms with Crippen molar-refractivity contribution in [1.29, 1.82) is 5.26 Å². The highest BCUT2D eigenvalue weighted by molar-refractivity contribution is 7.99. The number of likely N-dealkylation sites (N-methyl/N-ethyl adjacent to an activating group) is 1. The Labute approximate surface area is 317 Å². The molecule has 0 saturated carbocycles. The fourth-order valence-corrected chi connectivity index (χ4v) is 11.8. The predicted octanol–water partition coefficient (Wildman–Crippen LogP) is 4.29. The number of rotatable bonds is 2. The summed E-state index contributed by atoms with van der Waals surface area (Å²) >= 11 is 1.51. The molecule has 0 aliphatic carbocycles. The zero-order chi connectivity index (χ0) is 38.0. The molecule has 1 spiro atoms. The summed E-state index contributed by atoms with van der Waals surface area (Å²) in [7, 11) is 3.54. The Balaban J connectivity index is 1.34. The van der Waals surface area contributed by atoms with Gasteiger partial charge in [0.05, 0.1) is 30.5 Å². The van der Waals surface area contributed by atoms with Gasteiger partial charge in [0, 0.05) is 53.6 Å². The molecule has 282 valence electrons. The van der Waals surface area contributed by atoms with E-state index in [-0.39, 0.29) is 36.7 Å². The second-order valence-electron chi connectivity index (χ2n) is 15.2. The second-order valence-corrected chi connectivity index (χ2v) is 16.3. The van der Waals surface area contributed by atoms with Crippen LogP contribution >= 0.6 is 11.8 Å². The van der Waals surface area contributed by atoms with Crippen LogP contribution in [-0.4, -0.2) is 89.9 Å². The lowest BCUT2D eigenvalue weighted by Crippen LogP contribution is -2.69. The van der Waals surface area contributed by atoms with E-state index in [0.717, 1.165) is 27.8 Å². The molecule has 10 rings (SSSR count). The van der Waals surface area contributed by atoms with Gasteiger partial charge in [0.25, 0.3) is 0 Å². The van der Waals surface area contributed by atoms with Gasteiger partial charge < -0.3 is 33.9 Å². The molecule has 4 bridgehead atoms. The molecule has 14 heteroatoms. The number of nitrogens with zero attached hydrogens (tertiary/aromatic N) is 3. The number of methoxy groups -OCH3 is 1. The lowest BCUT2D eigenvalue weighted by molar-refractivity contribution is -0.157. The molecule has 13 nitrogen and oxygen atoms in total. The Hall–Kier alpha value is -4.68. The first-order chi connectivity index (χ1) is 25.9. The van der Waals surface area contributed by atoms with Gasteiger partial charge in [-0.3, -0.25) is 19.9 Å². The third-order valence-corrected chi connectivity index (χ3v) is 13.9. The van der Waals surface area contributed by atoms with Crippen LogP contribution < -0.4 is 24.3 Å². The van der Waals surface area contributed by atoms with Crippen molar-refractivity contribution in [2.45, 2.75) is 81.5 Å². The van der Waals surface area contributed by atoms with Gasteiger partial charge in [-0.2, -0.15) is 5.26 Å². The summed E-state index contributed by atoms with van der Waals surface area (Å²) < 4.78 is 30.6. The minimum atomic E-state index is -1.28. The van der Waals surface area contributed by atoms with E-state index in [4.69, 9.17) is 23.7 Å². The van der Waals surface area contributed by atoms with Crippen molar-refractivity contribution < 1.29 is 43.5 Å². The summed E-state index contributed by atoms with van der Waals surface area (Å²) in [5.41, 5.74) is 5.40. The van der Waals surface area contributed by atoms with Crippen molar-refractivity contribution >= 4 is 23.7 Å². The quantitative estimate of drug-likeness (QED) is 0.251. The number of carbonyl (C=O) groups excluding carboxylic acids is 2. The average Bonchev–Trinajstić information content (AvgIpc) is 3.63. The molecule has 7 aliphatic rings. The summed E-state index contributed by atoms with van der Waals surface area (Å²) in [6.45, 7) is 7.19. The molecular weight excluding hydrogens is 713 g/mol. The predicted molar refractivity (Wildman–Crippen MR) is 196 cm³/mol. The van der Waals surface area contributed by atoms with Crippen LogP contribution in [0.5, 0.6) is 34.5 Å². The number of thioether (sulfide) groups is 1. The van der Waals surface area contributed by atoms with Gasteiger partial charge in [0.2, 0.25) is 6.79 Å². The van der Waals surface area contributed by atoms with Crippen LogP contribution in [0.3, 0.4) is 0 Å². The second kappa shape index (κ2) is 12.4. The molecular formula is C40H42N4O9S. The van der Waals surface area contributed by atoms with E-state index < -0.39 is 46.9 Å². The summed E-state index contributed by atoms with van der Waals surface area (Å²) in [6.07, 6.45) is 1.11. The molecule has 3 N–H and O–H groups in total.